The molecule has 0 amide bonds. The zero-order valence-corrected chi connectivity index (χ0v) is 13.4. The highest BCUT2D eigenvalue weighted by molar-refractivity contribution is 7.89. The molecule has 0 heterocycles. The molecule has 0 radical (unpaired) electrons. The van der Waals surface area contributed by atoms with Gasteiger partial charge in [0.05, 0.1) is 9.82 Å². The van der Waals surface area contributed by atoms with Crippen molar-refractivity contribution in [2.75, 3.05) is 7.05 Å². The van der Waals surface area contributed by atoms with Crippen LogP contribution in [0, 0.1) is 22.9 Å². The fraction of sp³-hybridized carbons (Fsp3) is 0.200. The summed E-state index contributed by atoms with van der Waals surface area (Å²) < 4.78 is 39.5. The van der Waals surface area contributed by atoms with Crippen molar-refractivity contribution in [1.29, 1.82) is 0 Å². The van der Waals surface area contributed by atoms with Crippen LogP contribution in [0.4, 0.5) is 10.1 Å². The first-order valence-electron chi connectivity index (χ1n) is 6.68. The van der Waals surface area contributed by atoms with Crippen molar-refractivity contribution in [3.8, 4) is 0 Å². The molecule has 0 spiro atoms. The maximum absolute atomic E-state index is 13.2. The Hall–Kier alpha value is -2.32. The van der Waals surface area contributed by atoms with Gasteiger partial charge in [-0.05, 0) is 30.7 Å². The second kappa shape index (κ2) is 6.43. The maximum Gasteiger partial charge on any atom is 0.273 e. The van der Waals surface area contributed by atoms with Crippen LogP contribution in [0.2, 0.25) is 0 Å². The smallest absolute Gasteiger partial charge is 0.258 e. The Kier molecular flexibility index (Phi) is 4.76. The van der Waals surface area contributed by atoms with E-state index in [1.54, 1.807) is 6.07 Å². The van der Waals surface area contributed by atoms with Crippen molar-refractivity contribution in [3.63, 3.8) is 0 Å². The van der Waals surface area contributed by atoms with Gasteiger partial charge < -0.3 is 0 Å². The number of hydrogen-bond acceptors (Lipinski definition) is 4. The molecule has 0 N–H and O–H groups in total. The van der Waals surface area contributed by atoms with Crippen LogP contribution in [-0.2, 0) is 16.6 Å². The molecular formula is C15H15FN2O4S. The second-order valence-electron chi connectivity index (χ2n) is 5.05. The molecule has 2 aromatic carbocycles. The van der Waals surface area contributed by atoms with Gasteiger partial charge in [-0.1, -0.05) is 18.2 Å². The van der Waals surface area contributed by atoms with Gasteiger partial charge in [-0.25, -0.2) is 12.8 Å². The van der Waals surface area contributed by atoms with Gasteiger partial charge in [0.1, 0.15) is 5.82 Å². The van der Waals surface area contributed by atoms with Gasteiger partial charge in [-0.3, -0.25) is 10.1 Å². The van der Waals surface area contributed by atoms with E-state index in [4.69, 9.17) is 0 Å². The number of nitrogens with zero attached hydrogens (tertiary/aromatic N) is 2. The Morgan fingerprint density at radius 2 is 1.87 bits per heavy atom. The molecule has 6 nitrogen and oxygen atoms in total. The highest BCUT2D eigenvalue weighted by Gasteiger charge is 2.26. The largest absolute Gasteiger partial charge is 0.273 e. The quantitative estimate of drug-likeness (QED) is 0.620. The summed E-state index contributed by atoms with van der Waals surface area (Å²) in [5.74, 6) is -0.458. The molecule has 0 bridgehead atoms. The summed E-state index contributed by atoms with van der Waals surface area (Å²) in [4.78, 5) is 10.2. The molecule has 0 aromatic heterocycles. The highest BCUT2D eigenvalue weighted by atomic mass is 32.2. The lowest BCUT2D eigenvalue weighted by Gasteiger charge is -2.18. The van der Waals surface area contributed by atoms with E-state index in [0.717, 1.165) is 4.31 Å². The van der Waals surface area contributed by atoms with Crippen LogP contribution in [0.15, 0.2) is 47.4 Å². The predicted octanol–water partition coefficient (Wildman–Crippen LogP) is 2.86. The molecule has 0 fully saturated rings. The Bertz CT molecular complexity index is 852. The topological polar surface area (TPSA) is 80.5 Å². The Balaban J connectivity index is 2.38. The first-order chi connectivity index (χ1) is 10.7. The van der Waals surface area contributed by atoms with Gasteiger partial charge in [0.25, 0.3) is 5.69 Å². The number of halogens is 1. The lowest BCUT2D eigenvalue weighted by atomic mass is 10.2. The maximum atomic E-state index is 13.2. The number of benzene rings is 2. The summed E-state index contributed by atoms with van der Waals surface area (Å²) in [6.07, 6.45) is 0. The molecule has 2 rings (SSSR count). The average Bonchev–Trinajstić information content (AvgIpc) is 2.46. The number of nitro benzene ring substituents is 1. The summed E-state index contributed by atoms with van der Waals surface area (Å²) in [7, 11) is -2.58. The van der Waals surface area contributed by atoms with Crippen LogP contribution in [0.1, 0.15) is 11.1 Å². The van der Waals surface area contributed by atoms with Gasteiger partial charge in [0.15, 0.2) is 0 Å². The predicted molar refractivity (Wildman–Crippen MR) is 82.9 cm³/mol. The van der Waals surface area contributed by atoms with Crippen molar-refractivity contribution < 1.29 is 17.7 Å². The summed E-state index contributed by atoms with van der Waals surface area (Å²) in [5.41, 5.74) is 0.299. The molecule has 2 aromatic rings. The van der Waals surface area contributed by atoms with E-state index in [2.05, 4.69) is 0 Å². The van der Waals surface area contributed by atoms with Crippen LogP contribution in [-0.4, -0.2) is 24.7 Å². The van der Waals surface area contributed by atoms with Crippen LogP contribution >= 0.6 is 0 Å². The van der Waals surface area contributed by atoms with Gasteiger partial charge in [-0.15, -0.1) is 0 Å². The van der Waals surface area contributed by atoms with E-state index < -0.39 is 20.8 Å². The second-order valence-corrected chi connectivity index (χ2v) is 7.06. The first-order valence-corrected chi connectivity index (χ1v) is 8.12. The molecule has 0 aliphatic heterocycles. The zero-order chi connectivity index (χ0) is 17.2. The fourth-order valence-corrected chi connectivity index (χ4v) is 3.62. The average molecular weight is 338 g/mol. The molecule has 8 heteroatoms. The summed E-state index contributed by atoms with van der Waals surface area (Å²) in [6, 6.07) is 9.50. The molecular weight excluding hydrogens is 323 g/mol. The van der Waals surface area contributed by atoms with E-state index in [1.807, 2.05) is 0 Å². The normalized spacial score (nSPS) is 11.7. The molecule has 0 aliphatic carbocycles. The SMILES string of the molecule is Cc1c([N+](=O)[O-])cccc1S(=O)(=O)N(C)Cc1cccc(F)c1. The minimum absolute atomic E-state index is 0.0395. The molecule has 0 aliphatic rings. The van der Waals surface area contributed by atoms with Gasteiger partial charge >= 0.3 is 0 Å². The molecule has 0 saturated heterocycles. The standard InChI is InChI=1S/C15H15FN2O4S/c1-11-14(18(19)20)7-4-8-15(11)23(21,22)17(2)10-12-5-3-6-13(16)9-12/h3-9H,10H2,1-2H3. The molecule has 23 heavy (non-hydrogen) atoms. The van der Waals surface area contributed by atoms with Gasteiger partial charge in [-0.2, -0.15) is 4.31 Å². The number of hydrogen-bond donors (Lipinski definition) is 0. The first kappa shape index (κ1) is 17.0. The van der Waals surface area contributed by atoms with E-state index in [-0.39, 0.29) is 22.7 Å². The Labute approximate surface area is 133 Å². The lowest BCUT2D eigenvalue weighted by molar-refractivity contribution is -0.385. The highest BCUT2D eigenvalue weighted by Crippen LogP contribution is 2.27. The summed E-state index contributed by atoms with van der Waals surface area (Å²) in [6.45, 7) is 1.35. The van der Waals surface area contributed by atoms with E-state index >= 15 is 0 Å². The third-order valence-corrected chi connectivity index (χ3v) is 5.38. The van der Waals surface area contributed by atoms with Crippen LogP contribution in [0.5, 0.6) is 0 Å². The summed E-state index contributed by atoms with van der Waals surface area (Å²) in [5, 5.41) is 11.0. The third kappa shape index (κ3) is 3.54. The lowest BCUT2D eigenvalue weighted by Crippen LogP contribution is -2.27. The van der Waals surface area contributed by atoms with Crippen molar-refractivity contribution in [2.24, 2.45) is 0 Å². The molecule has 0 unspecified atom stereocenters. The van der Waals surface area contributed by atoms with Crippen molar-refractivity contribution in [1.82, 2.24) is 4.31 Å². The van der Waals surface area contributed by atoms with Crippen molar-refractivity contribution in [2.45, 2.75) is 18.4 Å². The monoisotopic (exact) mass is 338 g/mol. The van der Waals surface area contributed by atoms with E-state index in [9.17, 15) is 22.9 Å². The zero-order valence-electron chi connectivity index (χ0n) is 12.6. The van der Waals surface area contributed by atoms with Crippen molar-refractivity contribution in [3.05, 3.63) is 69.5 Å². The van der Waals surface area contributed by atoms with Crippen molar-refractivity contribution >= 4 is 15.7 Å². The van der Waals surface area contributed by atoms with Crippen LogP contribution in [0.25, 0.3) is 0 Å². The molecule has 122 valence electrons. The van der Waals surface area contributed by atoms with Crippen LogP contribution in [0.3, 0.4) is 0 Å². The van der Waals surface area contributed by atoms with Gasteiger partial charge in [0.2, 0.25) is 10.0 Å². The number of nitro groups is 1. The molecule has 0 atom stereocenters. The third-order valence-electron chi connectivity index (χ3n) is 3.43. The minimum atomic E-state index is -3.93. The number of rotatable bonds is 5. The molecule has 0 saturated carbocycles. The Morgan fingerprint density at radius 1 is 1.22 bits per heavy atom. The van der Waals surface area contributed by atoms with Crippen LogP contribution < -0.4 is 0 Å². The summed E-state index contributed by atoms with van der Waals surface area (Å²) >= 11 is 0. The minimum Gasteiger partial charge on any atom is -0.258 e. The Morgan fingerprint density at radius 3 is 2.48 bits per heavy atom. The van der Waals surface area contributed by atoms with Gasteiger partial charge in [0, 0.05) is 25.2 Å². The van der Waals surface area contributed by atoms with E-state index in [1.165, 1.54) is 50.4 Å². The number of sulfonamides is 1. The van der Waals surface area contributed by atoms with E-state index in [0.29, 0.717) is 5.56 Å². The fourth-order valence-electron chi connectivity index (χ4n) is 2.23.